The molecular formula is C26H32N4O2. The van der Waals surface area contributed by atoms with Crippen molar-refractivity contribution in [1.82, 2.24) is 19.8 Å². The summed E-state index contributed by atoms with van der Waals surface area (Å²) in [6.45, 7) is 3.22. The first-order valence-corrected chi connectivity index (χ1v) is 12.4. The Morgan fingerprint density at radius 3 is 3.00 bits per heavy atom. The Kier molecular flexibility index (Phi) is 5.13. The van der Waals surface area contributed by atoms with Crippen LogP contribution in [0, 0.1) is 11.8 Å². The zero-order valence-electron chi connectivity index (χ0n) is 18.6. The maximum absolute atomic E-state index is 13.4. The lowest BCUT2D eigenvalue weighted by Crippen LogP contribution is -2.60. The number of H-pyrrole nitrogens is 1. The van der Waals surface area contributed by atoms with E-state index in [0.717, 1.165) is 32.0 Å². The van der Waals surface area contributed by atoms with E-state index >= 15 is 0 Å². The summed E-state index contributed by atoms with van der Waals surface area (Å²) in [5.41, 5.74) is 2.09. The summed E-state index contributed by atoms with van der Waals surface area (Å²) < 4.78 is 0. The van der Waals surface area contributed by atoms with E-state index in [4.69, 9.17) is 0 Å². The maximum atomic E-state index is 13.4. The highest BCUT2D eigenvalue weighted by atomic mass is 16.2. The molecule has 4 aliphatic rings. The van der Waals surface area contributed by atoms with Crippen molar-refractivity contribution in [3.05, 3.63) is 52.1 Å². The lowest BCUT2D eigenvalue weighted by molar-refractivity contribution is -0.136. The number of hydrogen-bond donors (Lipinski definition) is 1. The number of nitrogens with zero attached hydrogens (tertiary/aromatic N) is 3. The predicted octanol–water partition coefficient (Wildman–Crippen LogP) is 3.28. The van der Waals surface area contributed by atoms with Crippen LogP contribution in [0.1, 0.15) is 50.8 Å². The van der Waals surface area contributed by atoms with Crippen LogP contribution in [0.3, 0.4) is 0 Å². The van der Waals surface area contributed by atoms with Crippen LogP contribution >= 0.6 is 0 Å². The quantitative estimate of drug-likeness (QED) is 0.756. The smallest absolute Gasteiger partial charge is 0.258 e. The molecule has 168 valence electrons. The van der Waals surface area contributed by atoms with Gasteiger partial charge in [0.25, 0.3) is 5.56 Å². The largest absolute Gasteiger partial charge is 0.336 e. The average molecular weight is 433 g/mol. The number of benzene rings is 1. The lowest BCUT2D eigenvalue weighted by atomic mass is 9.68. The summed E-state index contributed by atoms with van der Waals surface area (Å²) in [4.78, 5) is 38.1. The normalized spacial score (nSPS) is 29.9. The van der Waals surface area contributed by atoms with E-state index in [1.165, 1.54) is 37.8 Å². The van der Waals surface area contributed by atoms with Crippen molar-refractivity contribution in [3.63, 3.8) is 0 Å². The molecular weight excluding hydrogens is 400 g/mol. The van der Waals surface area contributed by atoms with Gasteiger partial charge in [0.2, 0.25) is 5.91 Å². The van der Waals surface area contributed by atoms with Gasteiger partial charge in [0.1, 0.15) is 5.82 Å². The highest BCUT2D eigenvalue weighted by Gasteiger charge is 2.46. The van der Waals surface area contributed by atoms with Gasteiger partial charge in [0, 0.05) is 32.0 Å². The molecule has 3 fully saturated rings. The minimum Gasteiger partial charge on any atom is -0.336 e. The van der Waals surface area contributed by atoms with E-state index in [0.29, 0.717) is 41.4 Å². The number of amides is 1. The number of nitrogens with one attached hydrogen (secondary N) is 1. The van der Waals surface area contributed by atoms with Crippen molar-refractivity contribution in [3.8, 4) is 0 Å². The molecule has 0 saturated carbocycles. The number of carbonyl (C=O) groups excluding carboxylic acids is 1. The van der Waals surface area contributed by atoms with Gasteiger partial charge in [-0.15, -0.1) is 0 Å². The van der Waals surface area contributed by atoms with Crippen LogP contribution in [0.2, 0.25) is 0 Å². The molecule has 32 heavy (non-hydrogen) atoms. The number of aromatic nitrogens is 2. The highest BCUT2D eigenvalue weighted by molar-refractivity contribution is 5.78. The molecule has 4 heterocycles. The summed E-state index contributed by atoms with van der Waals surface area (Å²) >= 11 is 0. The van der Waals surface area contributed by atoms with E-state index in [2.05, 4.69) is 25.8 Å². The van der Waals surface area contributed by atoms with Crippen LogP contribution in [0.4, 0.5) is 0 Å². The van der Waals surface area contributed by atoms with Gasteiger partial charge in [-0.05, 0) is 62.6 Å². The molecule has 0 spiro atoms. The molecule has 1 N–H and O–H groups in total. The summed E-state index contributed by atoms with van der Waals surface area (Å²) in [6.07, 6.45) is 10.9. The SMILES string of the molecule is O=C(CCc1nc2ccccc2c(=O)[nH]1)N1CCCC2=CC3CC(CN4CCCC[C@H]34)[C@@H]21. The molecule has 0 radical (unpaired) electrons. The van der Waals surface area contributed by atoms with Gasteiger partial charge >= 0.3 is 0 Å². The van der Waals surface area contributed by atoms with Crippen LogP contribution in [0.15, 0.2) is 40.7 Å². The second kappa shape index (κ2) is 8.14. The number of aromatic amines is 1. The van der Waals surface area contributed by atoms with E-state index in [-0.39, 0.29) is 17.5 Å². The van der Waals surface area contributed by atoms with Crippen LogP contribution in [-0.4, -0.2) is 57.4 Å². The molecule has 6 heteroatoms. The van der Waals surface area contributed by atoms with Crippen LogP contribution in [-0.2, 0) is 11.2 Å². The molecule has 6 rings (SSSR count). The molecule has 2 unspecified atom stereocenters. The van der Waals surface area contributed by atoms with Gasteiger partial charge in [-0.3, -0.25) is 14.5 Å². The van der Waals surface area contributed by atoms with E-state index < -0.39 is 0 Å². The molecule has 3 aliphatic heterocycles. The van der Waals surface area contributed by atoms with Gasteiger partial charge in [-0.1, -0.05) is 30.2 Å². The standard InChI is InChI=1S/C26H32N4O2/c31-24(11-10-23-27-21-8-2-1-7-20(21)26(32)28-23)30-13-5-6-17-14-18-15-19(25(17)30)16-29-12-4-3-9-22(18)29/h1-2,7-8,14,18-19,22,25H,3-6,9-13,15-16H2,(H,27,28,32)/t18?,19?,22-,25-/m1/s1. The average Bonchev–Trinajstić information content (AvgIpc) is 2.82. The minimum absolute atomic E-state index is 0.127. The third-order valence-electron chi connectivity index (χ3n) is 8.22. The Morgan fingerprint density at radius 1 is 1.16 bits per heavy atom. The molecule has 2 aromatic rings. The fraction of sp³-hybridized carbons (Fsp3) is 0.577. The third-order valence-corrected chi connectivity index (χ3v) is 8.22. The maximum Gasteiger partial charge on any atom is 0.258 e. The summed E-state index contributed by atoms with van der Waals surface area (Å²) in [5.74, 6) is 2.06. The molecule has 3 saturated heterocycles. The first kappa shape index (κ1) is 20.2. The van der Waals surface area contributed by atoms with E-state index in [9.17, 15) is 9.59 Å². The molecule has 4 atom stereocenters. The fourth-order valence-corrected chi connectivity index (χ4v) is 6.88. The van der Waals surface area contributed by atoms with Gasteiger partial charge in [0.05, 0.1) is 16.9 Å². The first-order chi connectivity index (χ1) is 15.7. The van der Waals surface area contributed by atoms with Crippen LogP contribution in [0.5, 0.6) is 0 Å². The number of aryl methyl sites for hydroxylation is 1. The number of likely N-dealkylation sites (tertiary alicyclic amines) is 1. The zero-order chi connectivity index (χ0) is 21.7. The summed E-state index contributed by atoms with van der Waals surface area (Å²) in [7, 11) is 0. The van der Waals surface area contributed by atoms with Gasteiger partial charge in [-0.25, -0.2) is 4.98 Å². The number of fused-ring (bicyclic) bond motifs is 7. The molecule has 2 bridgehead atoms. The van der Waals surface area contributed by atoms with Gasteiger partial charge in [-0.2, -0.15) is 0 Å². The van der Waals surface area contributed by atoms with Gasteiger partial charge < -0.3 is 9.88 Å². The highest BCUT2D eigenvalue weighted by Crippen LogP contribution is 2.45. The number of para-hydroxylation sites is 1. The number of rotatable bonds is 3. The number of piperidine rings is 3. The fourth-order valence-electron chi connectivity index (χ4n) is 6.88. The lowest BCUT2D eigenvalue weighted by Gasteiger charge is -2.54. The Balaban J connectivity index is 1.20. The van der Waals surface area contributed by atoms with Crippen molar-refractivity contribution in [2.45, 2.75) is 63.5 Å². The van der Waals surface area contributed by atoms with Crippen LogP contribution < -0.4 is 5.56 Å². The Bertz CT molecular complexity index is 1120. The molecule has 1 amide bonds. The topological polar surface area (TPSA) is 69.3 Å². The van der Waals surface area contributed by atoms with Crippen molar-refractivity contribution in [2.75, 3.05) is 19.6 Å². The Morgan fingerprint density at radius 2 is 2.06 bits per heavy atom. The number of hydrogen-bond acceptors (Lipinski definition) is 4. The minimum atomic E-state index is -0.127. The monoisotopic (exact) mass is 432 g/mol. The first-order valence-electron chi connectivity index (χ1n) is 12.4. The molecule has 1 aromatic carbocycles. The third kappa shape index (κ3) is 3.49. The van der Waals surface area contributed by atoms with Gasteiger partial charge in [0.15, 0.2) is 0 Å². The van der Waals surface area contributed by atoms with E-state index in [1.807, 2.05) is 18.2 Å². The zero-order valence-corrected chi connectivity index (χ0v) is 18.6. The predicted molar refractivity (Wildman–Crippen MR) is 124 cm³/mol. The van der Waals surface area contributed by atoms with Crippen molar-refractivity contribution >= 4 is 16.8 Å². The molecule has 1 aliphatic carbocycles. The Hall–Kier alpha value is -2.47. The Labute approximate surface area is 188 Å². The molecule has 6 nitrogen and oxygen atoms in total. The van der Waals surface area contributed by atoms with Crippen molar-refractivity contribution < 1.29 is 4.79 Å². The van der Waals surface area contributed by atoms with Crippen molar-refractivity contribution in [2.24, 2.45) is 11.8 Å². The molecule has 1 aromatic heterocycles. The van der Waals surface area contributed by atoms with E-state index in [1.54, 1.807) is 6.07 Å². The summed E-state index contributed by atoms with van der Waals surface area (Å²) in [6, 6.07) is 8.38. The second-order valence-corrected chi connectivity index (χ2v) is 10.1. The summed E-state index contributed by atoms with van der Waals surface area (Å²) in [5, 5.41) is 0.596. The number of carbonyl (C=O) groups is 1. The van der Waals surface area contributed by atoms with Crippen LogP contribution in [0.25, 0.3) is 10.9 Å². The second-order valence-electron chi connectivity index (χ2n) is 10.1. The van der Waals surface area contributed by atoms with Crippen molar-refractivity contribution in [1.29, 1.82) is 0 Å².